The number of nitrogens with zero attached hydrogens (tertiary/aromatic N) is 1. The maximum atomic E-state index is 13.1. The Hall–Kier alpha value is -1.99. The lowest BCUT2D eigenvalue weighted by molar-refractivity contribution is -0.138. The molecule has 0 aliphatic carbocycles. The highest BCUT2D eigenvalue weighted by molar-refractivity contribution is 9.10. The first-order chi connectivity index (χ1) is 14.8. The van der Waals surface area contributed by atoms with Gasteiger partial charge in [-0.25, -0.2) is 0 Å². The number of benzene rings is 2. The van der Waals surface area contributed by atoms with Crippen molar-refractivity contribution >= 4 is 39.5 Å². The van der Waals surface area contributed by atoms with E-state index in [2.05, 4.69) is 21.2 Å². The number of thioether (sulfide) groups is 1. The summed E-state index contributed by atoms with van der Waals surface area (Å²) in [6, 6.07) is 15.1. The Balaban J connectivity index is 2.04. The van der Waals surface area contributed by atoms with Gasteiger partial charge in [-0.15, -0.1) is 11.8 Å². The van der Waals surface area contributed by atoms with Gasteiger partial charge in [-0.1, -0.05) is 54.0 Å². The fourth-order valence-corrected chi connectivity index (χ4v) is 4.25. The fraction of sp³-hybridized carbons (Fsp3) is 0.417. The SMILES string of the molecule is COc1ccc(CSCC(=O)N(Cc2cccc(Br)c2)[C@H](C)C(=O)NCC(C)C)cc1. The zero-order valence-electron chi connectivity index (χ0n) is 18.6. The molecule has 168 valence electrons. The molecule has 0 radical (unpaired) electrons. The van der Waals surface area contributed by atoms with Gasteiger partial charge in [0.15, 0.2) is 0 Å². The Labute approximate surface area is 198 Å². The number of carbonyl (C=O) groups is 2. The largest absolute Gasteiger partial charge is 0.497 e. The molecule has 0 saturated carbocycles. The van der Waals surface area contributed by atoms with Crippen molar-refractivity contribution in [3.05, 3.63) is 64.1 Å². The van der Waals surface area contributed by atoms with Gasteiger partial charge in [0.05, 0.1) is 12.9 Å². The predicted molar refractivity (Wildman–Crippen MR) is 131 cm³/mol. The Morgan fingerprint density at radius 2 is 1.81 bits per heavy atom. The standard InChI is InChI=1S/C24H31BrN2O3S/c1-17(2)13-26-24(29)18(3)27(14-20-6-5-7-21(25)12-20)23(28)16-31-15-19-8-10-22(30-4)11-9-19/h5-12,17-18H,13-16H2,1-4H3,(H,26,29)/t18-/m1/s1. The second-order valence-electron chi connectivity index (χ2n) is 7.81. The third-order valence-electron chi connectivity index (χ3n) is 4.75. The van der Waals surface area contributed by atoms with E-state index in [9.17, 15) is 9.59 Å². The average molecular weight is 507 g/mol. The van der Waals surface area contributed by atoms with Crippen molar-refractivity contribution in [2.45, 2.75) is 39.1 Å². The van der Waals surface area contributed by atoms with Crippen LogP contribution in [0.15, 0.2) is 53.0 Å². The van der Waals surface area contributed by atoms with Crippen molar-refractivity contribution in [2.24, 2.45) is 5.92 Å². The van der Waals surface area contributed by atoms with Gasteiger partial charge >= 0.3 is 0 Å². The maximum absolute atomic E-state index is 13.1. The first kappa shape index (κ1) is 25.3. The van der Waals surface area contributed by atoms with Gasteiger partial charge in [0.2, 0.25) is 11.8 Å². The normalized spacial score (nSPS) is 11.8. The number of carbonyl (C=O) groups excluding carboxylic acids is 2. The number of nitrogens with one attached hydrogen (secondary N) is 1. The molecule has 2 amide bonds. The molecule has 0 spiro atoms. The van der Waals surface area contributed by atoms with E-state index in [-0.39, 0.29) is 11.8 Å². The molecule has 0 aromatic heterocycles. The number of methoxy groups -OCH3 is 1. The summed E-state index contributed by atoms with van der Waals surface area (Å²) in [4.78, 5) is 27.4. The van der Waals surface area contributed by atoms with Crippen LogP contribution in [0.4, 0.5) is 0 Å². The Morgan fingerprint density at radius 3 is 2.42 bits per heavy atom. The van der Waals surface area contributed by atoms with Crippen molar-refractivity contribution in [2.75, 3.05) is 19.4 Å². The lowest BCUT2D eigenvalue weighted by atomic mass is 10.1. The van der Waals surface area contributed by atoms with Crippen molar-refractivity contribution in [1.29, 1.82) is 0 Å². The van der Waals surface area contributed by atoms with Crippen molar-refractivity contribution < 1.29 is 14.3 Å². The summed E-state index contributed by atoms with van der Waals surface area (Å²) in [5.74, 6) is 2.01. The van der Waals surface area contributed by atoms with Crippen LogP contribution < -0.4 is 10.1 Å². The van der Waals surface area contributed by atoms with E-state index in [4.69, 9.17) is 4.74 Å². The highest BCUT2D eigenvalue weighted by atomic mass is 79.9. The van der Waals surface area contributed by atoms with E-state index < -0.39 is 6.04 Å². The van der Waals surface area contributed by atoms with Crippen LogP contribution in [0.1, 0.15) is 31.9 Å². The Bertz CT molecular complexity index is 858. The van der Waals surface area contributed by atoms with Crippen molar-refractivity contribution in [3.63, 3.8) is 0 Å². The zero-order valence-corrected chi connectivity index (χ0v) is 21.0. The first-order valence-electron chi connectivity index (χ1n) is 10.3. The Kier molecular flexibility index (Phi) is 10.4. The molecule has 5 nitrogen and oxygen atoms in total. The quantitative estimate of drug-likeness (QED) is 0.471. The molecule has 1 atom stereocenters. The number of hydrogen-bond donors (Lipinski definition) is 1. The minimum absolute atomic E-state index is 0.0503. The van der Waals surface area contributed by atoms with Crippen LogP contribution in [-0.4, -0.2) is 42.2 Å². The topological polar surface area (TPSA) is 58.6 Å². The first-order valence-corrected chi connectivity index (χ1v) is 12.3. The summed E-state index contributed by atoms with van der Waals surface area (Å²) >= 11 is 5.02. The van der Waals surface area contributed by atoms with Gasteiger partial charge < -0.3 is 15.0 Å². The molecule has 0 bridgehead atoms. The number of hydrogen-bond acceptors (Lipinski definition) is 4. The smallest absolute Gasteiger partial charge is 0.242 e. The van der Waals surface area contributed by atoms with Gasteiger partial charge in [-0.05, 0) is 48.2 Å². The molecular formula is C24H31BrN2O3S. The van der Waals surface area contributed by atoms with Crippen molar-refractivity contribution in [3.8, 4) is 5.75 Å². The van der Waals surface area contributed by atoms with Crippen molar-refractivity contribution in [1.82, 2.24) is 10.2 Å². The van der Waals surface area contributed by atoms with Crippen LogP contribution in [0.5, 0.6) is 5.75 Å². The summed E-state index contributed by atoms with van der Waals surface area (Å²) in [5.41, 5.74) is 2.10. The van der Waals surface area contributed by atoms with E-state index >= 15 is 0 Å². The monoisotopic (exact) mass is 506 g/mol. The molecule has 7 heteroatoms. The molecule has 31 heavy (non-hydrogen) atoms. The van der Waals surface area contributed by atoms with Crippen LogP contribution in [0.3, 0.4) is 0 Å². The summed E-state index contributed by atoms with van der Waals surface area (Å²) in [5, 5.41) is 2.95. The molecule has 0 fully saturated rings. The lowest BCUT2D eigenvalue weighted by Crippen LogP contribution is -2.48. The van der Waals surface area contributed by atoms with Crippen LogP contribution in [0, 0.1) is 5.92 Å². The highest BCUT2D eigenvalue weighted by Crippen LogP contribution is 2.19. The van der Waals surface area contributed by atoms with Crippen LogP contribution >= 0.6 is 27.7 Å². The van der Waals surface area contributed by atoms with Crippen LogP contribution in [0.2, 0.25) is 0 Å². The summed E-state index contributed by atoms with van der Waals surface area (Å²) < 4.78 is 6.13. The summed E-state index contributed by atoms with van der Waals surface area (Å²) in [6.07, 6.45) is 0. The zero-order chi connectivity index (χ0) is 22.8. The van der Waals surface area contributed by atoms with E-state index in [0.29, 0.717) is 30.5 Å². The highest BCUT2D eigenvalue weighted by Gasteiger charge is 2.26. The third kappa shape index (κ3) is 8.57. The minimum Gasteiger partial charge on any atom is -0.497 e. The van der Waals surface area contributed by atoms with E-state index in [0.717, 1.165) is 21.3 Å². The molecular weight excluding hydrogens is 476 g/mol. The number of halogens is 1. The molecule has 0 unspecified atom stereocenters. The van der Waals surface area contributed by atoms with Crippen LogP contribution in [0.25, 0.3) is 0 Å². The molecule has 0 saturated heterocycles. The number of ether oxygens (including phenoxy) is 1. The van der Waals surface area contributed by atoms with E-state index in [1.165, 1.54) is 0 Å². The van der Waals surface area contributed by atoms with Gasteiger partial charge in [-0.2, -0.15) is 0 Å². The van der Waals surface area contributed by atoms with Gasteiger partial charge in [-0.3, -0.25) is 9.59 Å². The summed E-state index contributed by atoms with van der Waals surface area (Å²) in [6.45, 7) is 6.86. The molecule has 0 aliphatic rings. The van der Waals surface area contributed by atoms with E-state index in [1.807, 2.05) is 62.4 Å². The van der Waals surface area contributed by atoms with Gasteiger partial charge in [0, 0.05) is 23.3 Å². The van der Waals surface area contributed by atoms with Gasteiger partial charge in [0.1, 0.15) is 11.8 Å². The Morgan fingerprint density at radius 1 is 1.10 bits per heavy atom. The van der Waals surface area contributed by atoms with E-state index in [1.54, 1.807) is 30.7 Å². The second-order valence-corrected chi connectivity index (χ2v) is 9.71. The molecule has 2 aromatic carbocycles. The minimum atomic E-state index is -0.549. The molecule has 2 aromatic rings. The third-order valence-corrected chi connectivity index (χ3v) is 6.23. The second kappa shape index (κ2) is 12.8. The fourth-order valence-electron chi connectivity index (χ4n) is 2.93. The predicted octanol–water partition coefficient (Wildman–Crippen LogP) is 4.88. The summed E-state index contributed by atoms with van der Waals surface area (Å²) in [7, 11) is 1.64. The molecule has 0 heterocycles. The molecule has 1 N–H and O–H groups in total. The molecule has 0 aliphatic heterocycles. The average Bonchev–Trinajstić information content (AvgIpc) is 2.75. The lowest BCUT2D eigenvalue weighted by Gasteiger charge is -2.29. The van der Waals surface area contributed by atoms with Gasteiger partial charge in [0.25, 0.3) is 0 Å². The molecule has 2 rings (SSSR count). The van der Waals surface area contributed by atoms with Crippen LogP contribution in [-0.2, 0) is 21.9 Å². The number of rotatable bonds is 11. The maximum Gasteiger partial charge on any atom is 0.242 e. The number of amides is 2.